The molecule has 0 atom stereocenters. The Hall–Kier alpha value is -2.88. The van der Waals surface area contributed by atoms with Crippen molar-refractivity contribution >= 4 is 5.65 Å². The molecule has 1 aliphatic rings. The van der Waals surface area contributed by atoms with E-state index in [1.54, 1.807) is 12.1 Å². The van der Waals surface area contributed by atoms with E-state index in [0.717, 1.165) is 41.0 Å². The lowest BCUT2D eigenvalue weighted by Crippen LogP contribution is -2.14. The molecule has 0 bridgehead atoms. The minimum absolute atomic E-state index is 0.274. The molecule has 0 saturated heterocycles. The number of hydrogen-bond acceptors (Lipinski definition) is 4. The van der Waals surface area contributed by atoms with E-state index in [0.29, 0.717) is 5.69 Å². The topological polar surface area (TPSA) is 66.9 Å². The largest absolute Gasteiger partial charge is 0.305 e. The number of halogens is 2. The molecule has 0 N–H and O–H groups in total. The van der Waals surface area contributed by atoms with Gasteiger partial charge in [0.25, 0.3) is 0 Å². The highest BCUT2D eigenvalue weighted by molar-refractivity contribution is 5.65. The number of aromatic nitrogens is 4. The molecule has 4 rings (SSSR count). The molecule has 126 valence electrons. The molecule has 2 heterocycles. The second kappa shape index (κ2) is 5.06. The van der Waals surface area contributed by atoms with Gasteiger partial charge in [0.05, 0.1) is 17.2 Å². The minimum atomic E-state index is -3.13. The molecule has 3 aromatic rings. The predicted octanol–water partition coefficient (Wildman–Crippen LogP) is 3.77. The molecule has 25 heavy (non-hydrogen) atoms. The van der Waals surface area contributed by atoms with E-state index in [4.69, 9.17) is 0 Å². The Morgan fingerprint density at radius 2 is 1.96 bits per heavy atom. The molecule has 2 aromatic heterocycles. The molecular formula is C18H15F2N5. The third-order valence-corrected chi connectivity index (χ3v) is 4.67. The van der Waals surface area contributed by atoms with Crippen molar-refractivity contribution in [2.75, 3.05) is 0 Å². The highest BCUT2D eigenvalue weighted by Gasteiger charge is 2.44. The molecule has 0 radical (unpaired) electrons. The molecule has 0 amide bonds. The molecule has 5 nitrogen and oxygen atoms in total. The summed E-state index contributed by atoms with van der Waals surface area (Å²) in [7, 11) is 0. The van der Waals surface area contributed by atoms with E-state index in [1.807, 2.05) is 25.1 Å². The first kappa shape index (κ1) is 15.6. The lowest BCUT2D eigenvalue weighted by molar-refractivity contribution is 0.00564. The summed E-state index contributed by atoms with van der Waals surface area (Å²) < 4.78 is 28.4. The SMILES string of the molecule is Cc1cc(C2(C#N)CC2)ccc1-c1ccc2nnc(C(C)(F)F)n2n1. The molecule has 0 unspecified atom stereocenters. The fraction of sp³-hybridized carbons (Fsp3) is 0.333. The Morgan fingerprint density at radius 3 is 2.56 bits per heavy atom. The van der Waals surface area contributed by atoms with Crippen LogP contribution in [0.25, 0.3) is 16.9 Å². The van der Waals surface area contributed by atoms with Crippen molar-refractivity contribution in [3.8, 4) is 17.3 Å². The standard InChI is InChI=1S/C18H15F2N5/c1-11-9-12(18(10-21)7-8-18)3-4-13(11)14-5-6-15-22-23-16(17(2,19)20)25(15)24-14/h3-6,9H,7-8H2,1-2H3. The zero-order valence-electron chi connectivity index (χ0n) is 13.8. The van der Waals surface area contributed by atoms with Crippen molar-refractivity contribution in [1.29, 1.82) is 5.26 Å². The first-order valence-electron chi connectivity index (χ1n) is 7.98. The third kappa shape index (κ3) is 2.45. The number of nitriles is 1. The first-order valence-corrected chi connectivity index (χ1v) is 7.98. The van der Waals surface area contributed by atoms with Crippen LogP contribution in [0, 0.1) is 18.3 Å². The molecule has 1 saturated carbocycles. The fourth-order valence-electron chi connectivity index (χ4n) is 3.05. The van der Waals surface area contributed by atoms with E-state index in [-0.39, 0.29) is 11.1 Å². The van der Waals surface area contributed by atoms with Gasteiger partial charge in [0, 0.05) is 12.5 Å². The van der Waals surface area contributed by atoms with Crippen LogP contribution in [0.5, 0.6) is 0 Å². The van der Waals surface area contributed by atoms with Crippen LogP contribution >= 0.6 is 0 Å². The zero-order chi connectivity index (χ0) is 17.8. The number of rotatable bonds is 3. The number of alkyl halides is 2. The summed E-state index contributed by atoms with van der Waals surface area (Å²) in [6.07, 6.45) is 1.75. The average Bonchev–Trinajstić information content (AvgIpc) is 3.25. The monoisotopic (exact) mass is 339 g/mol. The van der Waals surface area contributed by atoms with Crippen LogP contribution < -0.4 is 0 Å². The quantitative estimate of drug-likeness (QED) is 0.728. The van der Waals surface area contributed by atoms with Crippen LogP contribution in [0.1, 0.15) is 36.7 Å². The minimum Gasteiger partial charge on any atom is -0.198 e. The van der Waals surface area contributed by atoms with Crippen LogP contribution in [-0.4, -0.2) is 19.8 Å². The van der Waals surface area contributed by atoms with Gasteiger partial charge in [-0.2, -0.15) is 23.7 Å². The van der Waals surface area contributed by atoms with Crippen molar-refractivity contribution in [3.63, 3.8) is 0 Å². The highest BCUT2D eigenvalue weighted by Crippen LogP contribution is 2.48. The maximum absolute atomic E-state index is 13.7. The number of hydrogen-bond donors (Lipinski definition) is 0. The number of fused-ring (bicyclic) bond motifs is 1. The van der Waals surface area contributed by atoms with Crippen LogP contribution in [0.2, 0.25) is 0 Å². The number of aryl methyl sites for hydroxylation is 1. The van der Waals surface area contributed by atoms with Crippen molar-refractivity contribution in [1.82, 2.24) is 19.8 Å². The second-order valence-electron chi connectivity index (χ2n) is 6.62. The first-order chi connectivity index (χ1) is 11.8. The summed E-state index contributed by atoms with van der Waals surface area (Å²) in [6, 6.07) is 11.5. The van der Waals surface area contributed by atoms with Gasteiger partial charge < -0.3 is 0 Å². The maximum Gasteiger partial charge on any atom is 0.305 e. The Morgan fingerprint density at radius 1 is 1.20 bits per heavy atom. The summed E-state index contributed by atoms with van der Waals surface area (Å²) in [5.41, 5.74) is 3.26. The zero-order valence-corrected chi connectivity index (χ0v) is 13.8. The predicted molar refractivity (Wildman–Crippen MR) is 87.0 cm³/mol. The van der Waals surface area contributed by atoms with Crippen molar-refractivity contribution in [3.05, 3.63) is 47.3 Å². The Bertz CT molecular complexity index is 1020. The summed E-state index contributed by atoms with van der Waals surface area (Å²) in [5, 5.41) is 20.9. The van der Waals surface area contributed by atoms with Crippen LogP contribution in [0.3, 0.4) is 0 Å². The third-order valence-electron chi connectivity index (χ3n) is 4.67. The molecule has 1 fully saturated rings. The molecule has 1 aliphatic carbocycles. The maximum atomic E-state index is 13.7. The van der Waals surface area contributed by atoms with Crippen molar-refractivity contribution in [2.45, 2.75) is 38.0 Å². The van der Waals surface area contributed by atoms with Crippen molar-refractivity contribution in [2.24, 2.45) is 0 Å². The van der Waals surface area contributed by atoms with E-state index in [1.165, 1.54) is 0 Å². The average molecular weight is 339 g/mol. The molecule has 1 aromatic carbocycles. The second-order valence-corrected chi connectivity index (χ2v) is 6.62. The van der Waals surface area contributed by atoms with E-state index in [2.05, 4.69) is 21.4 Å². The van der Waals surface area contributed by atoms with Crippen LogP contribution in [0.4, 0.5) is 8.78 Å². The van der Waals surface area contributed by atoms with Gasteiger partial charge in [0.2, 0.25) is 5.82 Å². The highest BCUT2D eigenvalue weighted by atomic mass is 19.3. The number of nitrogens with zero attached hydrogens (tertiary/aromatic N) is 5. The van der Waals surface area contributed by atoms with Gasteiger partial charge in [-0.05, 0) is 43.0 Å². The van der Waals surface area contributed by atoms with E-state index < -0.39 is 11.7 Å². The van der Waals surface area contributed by atoms with Crippen LogP contribution in [-0.2, 0) is 11.3 Å². The molecule has 7 heteroatoms. The van der Waals surface area contributed by atoms with Crippen LogP contribution in [0.15, 0.2) is 30.3 Å². The summed E-state index contributed by atoms with van der Waals surface area (Å²) in [4.78, 5) is 0. The van der Waals surface area contributed by atoms with E-state index in [9.17, 15) is 14.0 Å². The summed E-state index contributed by atoms with van der Waals surface area (Å²) >= 11 is 0. The van der Waals surface area contributed by atoms with Gasteiger partial charge in [0.1, 0.15) is 0 Å². The lowest BCUT2D eigenvalue weighted by Gasteiger charge is -2.12. The van der Waals surface area contributed by atoms with Crippen molar-refractivity contribution < 1.29 is 8.78 Å². The Labute approximate surface area is 142 Å². The van der Waals surface area contributed by atoms with Gasteiger partial charge in [-0.3, -0.25) is 0 Å². The van der Waals surface area contributed by atoms with Gasteiger partial charge in [-0.25, -0.2) is 0 Å². The smallest absolute Gasteiger partial charge is 0.198 e. The number of benzene rings is 1. The van der Waals surface area contributed by atoms with Gasteiger partial charge >= 0.3 is 5.92 Å². The molecule has 0 aliphatic heterocycles. The fourth-order valence-corrected chi connectivity index (χ4v) is 3.05. The van der Waals surface area contributed by atoms with Gasteiger partial charge in [-0.1, -0.05) is 18.2 Å². The Kier molecular flexibility index (Phi) is 3.16. The summed E-state index contributed by atoms with van der Waals surface area (Å²) in [6.45, 7) is 2.70. The van der Waals surface area contributed by atoms with E-state index >= 15 is 0 Å². The molecule has 0 spiro atoms. The lowest BCUT2D eigenvalue weighted by atomic mass is 9.93. The normalized spacial score (nSPS) is 16.0. The van der Waals surface area contributed by atoms with Gasteiger partial charge in [0.15, 0.2) is 5.65 Å². The Balaban J connectivity index is 1.81. The summed E-state index contributed by atoms with van der Waals surface area (Å²) in [5.74, 6) is -3.62. The molecular weight excluding hydrogens is 324 g/mol. The van der Waals surface area contributed by atoms with Gasteiger partial charge in [-0.15, -0.1) is 10.2 Å².